The molecule has 23 heavy (non-hydrogen) atoms. The third-order valence-corrected chi connectivity index (χ3v) is 4.21. The first-order valence-corrected chi connectivity index (χ1v) is 9.15. The zero-order chi connectivity index (χ0) is 16.4. The van der Waals surface area contributed by atoms with Crippen LogP contribution in [0.25, 0.3) is 0 Å². The van der Waals surface area contributed by atoms with Crippen LogP contribution in [0.5, 0.6) is 5.75 Å². The summed E-state index contributed by atoms with van der Waals surface area (Å²) in [6.45, 7) is 2.18. The zero-order valence-corrected chi connectivity index (χ0v) is 16.8. The molecule has 5 nitrogen and oxygen atoms in total. The van der Waals surface area contributed by atoms with Crippen molar-refractivity contribution >= 4 is 16.1 Å². The molecule has 0 amide bonds. The molecule has 1 aromatic rings. The van der Waals surface area contributed by atoms with E-state index < -0.39 is 10.1 Å². The van der Waals surface area contributed by atoms with E-state index in [-0.39, 0.29) is 47.6 Å². The second-order valence-corrected chi connectivity index (χ2v) is 6.71. The van der Waals surface area contributed by atoms with Crippen molar-refractivity contribution in [3.63, 3.8) is 0 Å². The standard InChI is InChI=1S/C16H24O5S.Na.H/c1-2-3-4-5-6-7-8-9-16(17)21-14-10-12-15(13-11-14)22(18,19)20;;/h10-13H,2-9H2,1H3,(H,18,19,20);;/q;+1;-1. The van der Waals surface area contributed by atoms with Crippen LogP contribution in [0, 0.1) is 0 Å². The molecule has 0 aliphatic rings. The minimum atomic E-state index is -4.22. The molecule has 0 aliphatic carbocycles. The van der Waals surface area contributed by atoms with E-state index in [4.69, 9.17) is 9.29 Å². The number of esters is 1. The molecule has 0 saturated heterocycles. The predicted molar refractivity (Wildman–Crippen MR) is 85.6 cm³/mol. The van der Waals surface area contributed by atoms with E-state index in [0.29, 0.717) is 6.42 Å². The van der Waals surface area contributed by atoms with E-state index in [0.717, 1.165) is 19.3 Å². The zero-order valence-electron chi connectivity index (χ0n) is 15.0. The Morgan fingerprint density at radius 3 is 2.09 bits per heavy atom. The Morgan fingerprint density at radius 2 is 1.57 bits per heavy atom. The number of carbonyl (C=O) groups is 1. The number of carbonyl (C=O) groups excluding carboxylic acids is 1. The van der Waals surface area contributed by atoms with Crippen LogP contribution >= 0.6 is 0 Å². The Bertz CT molecular complexity index is 560. The minimum Gasteiger partial charge on any atom is -1.00 e. The number of rotatable bonds is 10. The SMILES string of the molecule is CCCCCCCCCC(=O)Oc1ccc(S(=O)(=O)O)cc1.[H-].[Na+]. The Balaban J connectivity index is 0. The Morgan fingerprint density at radius 1 is 1.04 bits per heavy atom. The van der Waals surface area contributed by atoms with E-state index in [2.05, 4.69) is 6.92 Å². The molecular formula is C16H25NaO5S. The maximum Gasteiger partial charge on any atom is 1.00 e. The van der Waals surface area contributed by atoms with Crippen LogP contribution in [0.15, 0.2) is 29.2 Å². The van der Waals surface area contributed by atoms with Crippen molar-refractivity contribution in [2.75, 3.05) is 0 Å². The molecule has 0 unspecified atom stereocenters. The molecular weight excluding hydrogens is 327 g/mol. The van der Waals surface area contributed by atoms with E-state index in [1.807, 2.05) is 0 Å². The van der Waals surface area contributed by atoms with Crippen molar-refractivity contribution in [3.05, 3.63) is 24.3 Å². The largest absolute Gasteiger partial charge is 1.00 e. The monoisotopic (exact) mass is 352 g/mol. The van der Waals surface area contributed by atoms with Gasteiger partial charge in [0.25, 0.3) is 10.1 Å². The Hall–Kier alpha value is -0.400. The fourth-order valence-electron chi connectivity index (χ4n) is 2.09. The maximum absolute atomic E-state index is 11.6. The molecule has 126 valence electrons. The van der Waals surface area contributed by atoms with E-state index >= 15 is 0 Å². The molecule has 0 radical (unpaired) electrons. The van der Waals surface area contributed by atoms with Crippen LogP contribution in [0.4, 0.5) is 0 Å². The Labute approximate surface area is 162 Å². The van der Waals surface area contributed by atoms with Crippen molar-refractivity contribution in [3.8, 4) is 5.75 Å². The third kappa shape index (κ3) is 10.1. The molecule has 0 saturated carbocycles. The summed E-state index contributed by atoms with van der Waals surface area (Å²) in [6.07, 6.45) is 8.25. The average molecular weight is 352 g/mol. The molecule has 7 heteroatoms. The summed E-state index contributed by atoms with van der Waals surface area (Å²) < 4.78 is 35.7. The molecule has 0 aromatic heterocycles. The summed E-state index contributed by atoms with van der Waals surface area (Å²) in [5.74, 6) is -0.0477. The van der Waals surface area contributed by atoms with Gasteiger partial charge < -0.3 is 6.16 Å². The van der Waals surface area contributed by atoms with Gasteiger partial charge in [0.05, 0.1) is 4.90 Å². The van der Waals surface area contributed by atoms with Crippen LogP contribution in [0.1, 0.15) is 59.7 Å². The van der Waals surface area contributed by atoms with Gasteiger partial charge in [0.1, 0.15) is 5.75 Å². The molecule has 0 aliphatic heterocycles. The van der Waals surface area contributed by atoms with Gasteiger partial charge in [-0.2, -0.15) is 8.42 Å². The van der Waals surface area contributed by atoms with Crippen molar-refractivity contribution < 1.29 is 53.5 Å². The molecule has 0 spiro atoms. The van der Waals surface area contributed by atoms with E-state index in [1.54, 1.807) is 0 Å². The molecule has 0 bridgehead atoms. The second-order valence-electron chi connectivity index (χ2n) is 5.29. The van der Waals surface area contributed by atoms with E-state index in [1.165, 1.54) is 49.9 Å². The molecule has 1 N–H and O–H groups in total. The summed E-state index contributed by atoms with van der Waals surface area (Å²) in [5, 5.41) is 0. The van der Waals surface area contributed by atoms with Crippen LogP contribution in [-0.4, -0.2) is 18.9 Å². The van der Waals surface area contributed by atoms with Gasteiger partial charge in [0.2, 0.25) is 0 Å². The molecule has 1 aromatic carbocycles. The normalized spacial score (nSPS) is 10.9. The van der Waals surface area contributed by atoms with Crippen LogP contribution in [-0.2, 0) is 14.9 Å². The smallest absolute Gasteiger partial charge is 1.00 e. The first-order chi connectivity index (χ1) is 10.4. The average Bonchev–Trinajstić information content (AvgIpc) is 2.46. The number of ether oxygens (including phenoxy) is 1. The summed E-state index contributed by atoms with van der Waals surface area (Å²) >= 11 is 0. The molecule has 0 fully saturated rings. The van der Waals surface area contributed by atoms with Crippen molar-refractivity contribution in [1.29, 1.82) is 0 Å². The van der Waals surface area contributed by atoms with Gasteiger partial charge in [-0.15, -0.1) is 0 Å². The first kappa shape index (κ1) is 22.6. The second kappa shape index (κ2) is 12.0. The number of hydrogen-bond acceptors (Lipinski definition) is 4. The number of benzene rings is 1. The van der Waals surface area contributed by atoms with Crippen LogP contribution < -0.4 is 34.3 Å². The predicted octanol–water partition coefficient (Wildman–Crippen LogP) is 1.10. The molecule has 0 heterocycles. The summed E-state index contributed by atoms with van der Waals surface area (Å²) in [5.41, 5.74) is 0. The number of hydrogen-bond donors (Lipinski definition) is 1. The quantitative estimate of drug-likeness (QED) is 0.224. The fourth-order valence-corrected chi connectivity index (χ4v) is 2.57. The van der Waals surface area contributed by atoms with Gasteiger partial charge in [-0.25, -0.2) is 0 Å². The van der Waals surface area contributed by atoms with Gasteiger partial charge in [-0.05, 0) is 30.7 Å². The maximum atomic E-state index is 11.6. The van der Waals surface area contributed by atoms with E-state index in [9.17, 15) is 13.2 Å². The van der Waals surface area contributed by atoms with Gasteiger partial charge in [0, 0.05) is 6.42 Å². The first-order valence-electron chi connectivity index (χ1n) is 7.71. The minimum absolute atomic E-state index is 0. The van der Waals surface area contributed by atoms with Gasteiger partial charge in [-0.3, -0.25) is 9.35 Å². The van der Waals surface area contributed by atoms with Gasteiger partial charge in [-0.1, -0.05) is 45.4 Å². The molecule has 1 rings (SSSR count). The Kier molecular flexibility index (Phi) is 11.8. The van der Waals surface area contributed by atoms with Crippen molar-refractivity contribution in [2.24, 2.45) is 0 Å². The topological polar surface area (TPSA) is 80.7 Å². The number of unbranched alkanes of at least 4 members (excludes halogenated alkanes) is 6. The van der Waals surface area contributed by atoms with Crippen molar-refractivity contribution in [1.82, 2.24) is 0 Å². The third-order valence-electron chi connectivity index (χ3n) is 3.34. The van der Waals surface area contributed by atoms with Crippen LogP contribution in [0.2, 0.25) is 0 Å². The van der Waals surface area contributed by atoms with Gasteiger partial charge >= 0.3 is 35.5 Å². The summed E-state index contributed by atoms with van der Waals surface area (Å²) in [4.78, 5) is 11.4. The fraction of sp³-hybridized carbons (Fsp3) is 0.562. The summed E-state index contributed by atoms with van der Waals surface area (Å²) in [7, 11) is -4.22. The summed E-state index contributed by atoms with van der Waals surface area (Å²) in [6, 6.07) is 5.11. The van der Waals surface area contributed by atoms with Crippen LogP contribution in [0.3, 0.4) is 0 Å². The molecule has 0 atom stereocenters. The van der Waals surface area contributed by atoms with Gasteiger partial charge in [0.15, 0.2) is 0 Å². The van der Waals surface area contributed by atoms with Crippen molar-refractivity contribution in [2.45, 2.75) is 63.2 Å².